The van der Waals surface area contributed by atoms with Gasteiger partial charge in [-0.3, -0.25) is 0 Å². The van der Waals surface area contributed by atoms with Crippen LogP contribution in [0.2, 0.25) is 0 Å². The van der Waals surface area contributed by atoms with Gasteiger partial charge in [0.1, 0.15) is 0 Å². The van der Waals surface area contributed by atoms with Gasteiger partial charge in [-0.2, -0.15) is 0 Å². The monoisotopic (exact) mass is 209 g/mol. The van der Waals surface area contributed by atoms with Gasteiger partial charge < -0.3 is 19.9 Å². The van der Waals surface area contributed by atoms with Crippen molar-refractivity contribution >= 4 is 0 Å². The number of rotatable bonds is 4. The van der Waals surface area contributed by atoms with E-state index in [1.807, 2.05) is 18.2 Å². The first-order chi connectivity index (χ1) is 7.27. The van der Waals surface area contributed by atoms with E-state index >= 15 is 0 Å². The normalized spacial score (nSPS) is 15.3. The van der Waals surface area contributed by atoms with Crippen LogP contribution in [0.4, 0.5) is 0 Å². The maximum Gasteiger partial charge on any atom is 0.231 e. The van der Waals surface area contributed by atoms with E-state index in [9.17, 15) is 0 Å². The molecule has 1 aromatic carbocycles. The molecule has 4 heteroatoms. The summed E-state index contributed by atoms with van der Waals surface area (Å²) in [6, 6.07) is 5.82. The average molecular weight is 209 g/mol. The van der Waals surface area contributed by atoms with Crippen molar-refractivity contribution in [1.29, 1.82) is 0 Å². The van der Waals surface area contributed by atoms with Gasteiger partial charge >= 0.3 is 0 Å². The number of aliphatic hydroxyl groups excluding tert-OH is 1. The highest BCUT2D eigenvalue weighted by atomic mass is 16.7. The van der Waals surface area contributed by atoms with Crippen LogP contribution in [0.15, 0.2) is 18.2 Å². The Morgan fingerprint density at radius 1 is 1.47 bits per heavy atom. The molecule has 1 atom stereocenters. The Hall–Kier alpha value is -1.26. The molecule has 1 aliphatic rings. The van der Waals surface area contributed by atoms with Crippen LogP contribution in [0.5, 0.6) is 11.5 Å². The molecule has 0 spiro atoms. The summed E-state index contributed by atoms with van der Waals surface area (Å²) in [5.74, 6) is 1.61. The Morgan fingerprint density at radius 2 is 2.33 bits per heavy atom. The summed E-state index contributed by atoms with van der Waals surface area (Å²) in [6.07, 6.45) is -0.334. The van der Waals surface area contributed by atoms with Gasteiger partial charge in [-0.1, -0.05) is 12.1 Å². The molecular weight excluding hydrogens is 194 g/mol. The van der Waals surface area contributed by atoms with Crippen LogP contribution in [-0.2, 0) is 6.54 Å². The molecule has 0 fully saturated rings. The zero-order valence-corrected chi connectivity index (χ0v) is 8.69. The van der Waals surface area contributed by atoms with Crippen molar-refractivity contribution in [2.75, 3.05) is 13.3 Å². The minimum absolute atomic E-state index is 0.294. The summed E-state index contributed by atoms with van der Waals surface area (Å²) in [5, 5.41) is 12.3. The molecule has 1 aliphatic heterocycles. The van der Waals surface area contributed by atoms with Gasteiger partial charge in [0.15, 0.2) is 11.5 Å². The second-order valence-corrected chi connectivity index (χ2v) is 3.63. The Morgan fingerprint density at radius 3 is 3.13 bits per heavy atom. The molecular formula is C11H15NO3. The summed E-state index contributed by atoms with van der Waals surface area (Å²) in [5.41, 5.74) is 1.06. The van der Waals surface area contributed by atoms with Gasteiger partial charge in [-0.15, -0.1) is 0 Å². The Kier molecular flexibility index (Phi) is 3.08. The Balaban J connectivity index is 2.00. The minimum Gasteiger partial charge on any atom is -0.454 e. The van der Waals surface area contributed by atoms with Crippen LogP contribution in [0, 0.1) is 0 Å². The number of aliphatic hydroxyl groups is 1. The number of benzene rings is 1. The third-order valence-electron chi connectivity index (χ3n) is 2.23. The fourth-order valence-electron chi connectivity index (χ4n) is 1.55. The largest absolute Gasteiger partial charge is 0.454 e. The molecule has 2 N–H and O–H groups in total. The highest BCUT2D eigenvalue weighted by Gasteiger charge is 2.16. The molecule has 2 rings (SSSR count). The molecule has 4 nitrogen and oxygen atoms in total. The van der Waals surface area contributed by atoms with Gasteiger partial charge in [0.05, 0.1) is 6.10 Å². The predicted octanol–water partition coefficient (Wildman–Crippen LogP) is 0.886. The topological polar surface area (TPSA) is 50.7 Å². The van der Waals surface area contributed by atoms with E-state index in [2.05, 4.69) is 5.32 Å². The molecule has 1 heterocycles. The molecule has 15 heavy (non-hydrogen) atoms. The van der Waals surface area contributed by atoms with E-state index in [0.717, 1.165) is 17.1 Å². The SMILES string of the molecule is C[C@@H](O)CNCc1cccc2c1OCO2. The maximum absolute atomic E-state index is 9.11. The quantitative estimate of drug-likeness (QED) is 0.773. The molecule has 0 aliphatic carbocycles. The summed E-state index contributed by atoms with van der Waals surface area (Å²) in [6.45, 7) is 3.30. The van der Waals surface area contributed by atoms with E-state index in [1.165, 1.54) is 0 Å². The lowest BCUT2D eigenvalue weighted by atomic mass is 10.2. The second-order valence-electron chi connectivity index (χ2n) is 3.63. The van der Waals surface area contributed by atoms with Crippen molar-refractivity contribution in [2.24, 2.45) is 0 Å². The third-order valence-corrected chi connectivity index (χ3v) is 2.23. The van der Waals surface area contributed by atoms with Crippen molar-refractivity contribution in [1.82, 2.24) is 5.32 Å². The number of para-hydroxylation sites is 1. The smallest absolute Gasteiger partial charge is 0.231 e. The second kappa shape index (κ2) is 4.51. The van der Waals surface area contributed by atoms with Crippen LogP contribution >= 0.6 is 0 Å². The van der Waals surface area contributed by atoms with Crippen molar-refractivity contribution in [3.8, 4) is 11.5 Å². The molecule has 0 aromatic heterocycles. The summed E-state index contributed by atoms with van der Waals surface area (Å²) in [7, 11) is 0. The van der Waals surface area contributed by atoms with Crippen LogP contribution in [0.25, 0.3) is 0 Å². The maximum atomic E-state index is 9.11. The summed E-state index contributed by atoms with van der Waals surface area (Å²) in [4.78, 5) is 0. The van der Waals surface area contributed by atoms with E-state index in [1.54, 1.807) is 6.92 Å². The fourth-order valence-corrected chi connectivity index (χ4v) is 1.55. The van der Waals surface area contributed by atoms with Gasteiger partial charge in [-0.05, 0) is 13.0 Å². The summed E-state index contributed by atoms with van der Waals surface area (Å²) >= 11 is 0. The van der Waals surface area contributed by atoms with Gasteiger partial charge in [-0.25, -0.2) is 0 Å². The molecule has 0 radical (unpaired) electrons. The lowest BCUT2D eigenvalue weighted by molar-refractivity contribution is 0.172. The number of nitrogens with one attached hydrogen (secondary N) is 1. The first-order valence-corrected chi connectivity index (χ1v) is 5.03. The minimum atomic E-state index is -0.334. The van der Waals surface area contributed by atoms with E-state index in [4.69, 9.17) is 14.6 Å². The number of hydrogen-bond acceptors (Lipinski definition) is 4. The summed E-state index contributed by atoms with van der Waals surface area (Å²) < 4.78 is 10.6. The molecule has 0 bridgehead atoms. The third kappa shape index (κ3) is 2.40. The van der Waals surface area contributed by atoms with Crippen molar-refractivity contribution in [3.63, 3.8) is 0 Å². The molecule has 82 valence electrons. The fraction of sp³-hybridized carbons (Fsp3) is 0.455. The Labute approximate surface area is 88.8 Å². The lowest BCUT2D eigenvalue weighted by Crippen LogP contribution is -2.23. The number of fused-ring (bicyclic) bond motifs is 1. The number of ether oxygens (including phenoxy) is 2. The van der Waals surface area contributed by atoms with Crippen LogP contribution in [0.1, 0.15) is 12.5 Å². The standard InChI is InChI=1S/C11H15NO3/c1-8(13)5-12-6-9-3-2-4-10-11(9)15-7-14-10/h2-4,8,12-13H,5-7H2,1H3/t8-/m1/s1. The molecule has 0 unspecified atom stereocenters. The Bertz CT molecular complexity index is 339. The highest BCUT2D eigenvalue weighted by molar-refractivity contribution is 5.48. The molecule has 0 saturated carbocycles. The van der Waals surface area contributed by atoms with Crippen LogP contribution < -0.4 is 14.8 Å². The van der Waals surface area contributed by atoms with Crippen molar-refractivity contribution in [2.45, 2.75) is 19.6 Å². The lowest BCUT2D eigenvalue weighted by Gasteiger charge is -2.08. The van der Waals surface area contributed by atoms with Gasteiger partial charge in [0, 0.05) is 18.7 Å². The molecule has 0 amide bonds. The first-order valence-electron chi connectivity index (χ1n) is 5.03. The van der Waals surface area contributed by atoms with E-state index in [-0.39, 0.29) is 6.10 Å². The molecule has 1 aromatic rings. The first kappa shape index (κ1) is 10.3. The average Bonchev–Trinajstić information content (AvgIpc) is 2.65. The van der Waals surface area contributed by atoms with Crippen LogP contribution in [-0.4, -0.2) is 24.5 Å². The number of hydrogen-bond donors (Lipinski definition) is 2. The zero-order chi connectivity index (χ0) is 10.7. The van der Waals surface area contributed by atoms with Crippen molar-refractivity contribution < 1.29 is 14.6 Å². The van der Waals surface area contributed by atoms with Crippen LogP contribution in [0.3, 0.4) is 0 Å². The van der Waals surface area contributed by atoms with Crippen molar-refractivity contribution in [3.05, 3.63) is 23.8 Å². The highest BCUT2D eigenvalue weighted by Crippen LogP contribution is 2.35. The van der Waals surface area contributed by atoms with E-state index < -0.39 is 0 Å². The van der Waals surface area contributed by atoms with Gasteiger partial charge in [0.25, 0.3) is 0 Å². The van der Waals surface area contributed by atoms with E-state index in [0.29, 0.717) is 19.9 Å². The predicted molar refractivity (Wildman–Crippen MR) is 56.0 cm³/mol. The molecule has 0 saturated heterocycles. The zero-order valence-electron chi connectivity index (χ0n) is 8.69. The van der Waals surface area contributed by atoms with Gasteiger partial charge in [0.2, 0.25) is 6.79 Å².